The minimum Gasteiger partial charge on any atom is -0.348 e. The lowest BCUT2D eigenvalue weighted by Gasteiger charge is -2.09. The predicted octanol–water partition coefficient (Wildman–Crippen LogP) is 4.84. The van der Waals surface area contributed by atoms with E-state index in [1.54, 1.807) is 24.3 Å². The van der Waals surface area contributed by atoms with Crippen molar-refractivity contribution in [2.24, 2.45) is 0 Å². The van der Waals surface area contributed by atoms with Gasteiger partial charge >= 0.3 is 6.18 Å². The van der Waals surface area contributed by atoms with Gasteiger partial charge in [-0.1, -0.05) is 12.1 Å². The van der Waals surface area contributed by atoms with Crippen LogP contribution in [-0.4, -0.2) is 10.9 Å². The maximum absolute atomic E-state index is 12.9. The van der Waals surface area contributed by atoms with E-state index in [1.807, 2.05) is 0 Å². The molecule has 0 aliphatic heterocycles. The Kier molecular flexibility index (Phi) is 5.21. The highest BCUT2D eigenvalue weighted by Crippen LogP contribution is 2.29. The third kappa shape index (κ3) is 4.69. The second-order valence-electron chi connectivity index (χ2n) is 5.82. The molecule has 0 aliphatic carbocycles. The molecule has 1 heterocycles. The summed E-state index contributed by atoms with van der Waals surface area (Å²) in [5.74, 6) is -0.744. The number of amides is 1. The number of benzene rings is 2. The quantitative estimate of drug-likeness (QED) is 0.664. The molecule has 1 amide bonds. The van der Waals surface area contributed by atoms with Gasteiger partial charge in [0, 0.05) is 18.3 Å². The van der Waals surface area contributed by atoms with Crippen LogP contribution >= 0.6 is 0 Å². The Hall–Kier alpha value is -3.22. The highest BCUT2D eigenvalue weighted by Gasteiger charge is 2.29. The fourth-order valence-electron chi connectivity index (χ4n) is 2.42. The van der Waals surface area contributed by atoms with Gasteiger partial charge in [0.15, 0.2) is 0 Å². The number of carbonyl (C=O) groups excluding carboxylic acids is 1. The summed E-state index contributed by atoms with van der Waals surface area (Å²) in [5, 5.41) is 2.63. The van der Waals surface area contributed by atoms with Gasteiger partial charge in [0.05, 0.1) is 16.8 Å². The smallest absolute Gasteiger partial charge is 0.348 e. The summed E-state index contributed by atoms with van der Waals surface area (Å²) >= 11 is 0. The molecule has 27 heavy (non-hydrogen) atoms. The van der Waals surface area contributed by atoms with Crippen LogP contribution in [0.25, 0.3) is 11.3 Å². The number of nitrogens with zero attached hydrogens (tertiary/aromatic N) is 1. The molecule has 0 atom stereocenters. The Labute approximate surface area is 152 Å². The van der Waals surface area contributed by atoms with Crippen molar-refractivity contribution < 1.29 is 22.4 Å². The molecule has 0 bridgehead atoms. The fraction of sp³-hybridized carbons (Fsp3) is 0.100. The summed E-state index contributed by atoms with van der Waals surface area (Å²) in [4.78, 5) is 16.3. The largest absolute Gasteiger partial charge is 0.416 e. The molecule has 0 saturated carbocycles. The molecular formula is C20H14F4N2O. The maximum atomic E-state index is 12.9. The average Bonchev–Trinajstić information content (AvgIpc) is 2.66. The molecule has 0 unspecified atom stereocenters. The van der Waals surface area contributed by atoms with E-state index in [-0.39, 0.29) is 12.4 Å². The molecule has 0 fully saturated rings. The number of rotatable bonds is 4. The molecular weight excluding hydrogens is 360 g/mol. The molecule has 7 heteroatoms. The van der Waals surface area contributed by atoms with E-state index in [2.05, 4.69) is 10.3 Å². The second-order valence-corrected chi connectivity index (χ2v) is 5.82. The van der Waals surface area contributed by atoms with E-state index in [9.17, 15) is 22.4 Å². The molecule has 0 saturated heterocycles. The first kappa shape index (κ1) is 18.6. The van der Waals surface area contributed by atoms with E-state index in [1.165, 1.54) is 30.5 Å². The van der Waals surface area contributed by atoms with Crippen molar-refractivity contribution in [1.82, 2.24) is 10.3 Å². The molecule has 0 aliphatic rings. The number of alkyl halides is 3. The molecule has 3 nitrogen and oxygen atoms in total. The number of hydrogen-bond acceptors (Lipinski definition) is 2. The van der Waals surface area contributed by atoms with Gasteiger partial charge in [-0.3, -0.25) is 9.78 Å². The molecule has 3 rings (SSSR count). The van der Waals surface area contributed by atoms with Crippen molar-refractivity contribution in [2.75, 3.05) is 0 Å². The minimum absolute atomic E-state index is 0.0939. The van der Waals surface area contributed by atoms with Crippen LogP contribution < -0.4 is 5.32 Å². The van der Waals surface area contributed by atoms with Crippen LogP contribution in [0.4, 0.5) is 17.6 Å². The first-order valence-corrected chi connectivity index (χ1v) is 7.99. The van der Waals surface area contributed by atoms with Gasteiger partial charge in [0.1, 0.15) is 5.82 Å². The zero-order valence-electron chi connectivity index (χ0n) is 13.9. The summed E-state index contributed by atoms with van der Waals surface area (Å²) in [5.41, 5.74) is 1.43. The molecule has 3 aromatic rings. The van der Waals surface area contributed by atoms with Gasteiger partial charge in [0.2, 0.25) is 0 Å². The lowest BCUT2D eigenvalue weighted by atomic mass is 10.1. The van der Waals surface area contributed by atoms with Crippen LogP contribution in [0.1, 0.15) is 21.5 Å². The van der Waals surface area contributed by atoms with E-state index < -0.39 is 17.6 Å². The Morgan fingerprint density at radius 1 is 0.926 bits per heavy atom. The molecule has 138 valence electrons. The number of aromatic nitrogens is 1. The van der Waals surface area contributed by atoms with Crippen LogP contribution in [-0.2, 0) is 12.7 Å². The van der Waals surface area contributed by atoms with Crippen molar-refractivity contribution in [2.45, 2.75) is 12.7 Å². The average molecular weight is 374 g/mol. The first-order chi connectivity index (χ1) is 12.8. The lowest BCUT2D eigenvalue weighted by Crippen LogP contribution is -2.23. The zero-order chi connectivity index (χ0) is 19.4. The SMILES string of the molecule is O=C(NCc1ccc(C(F)(F)F)cc1)c1ccc(-c2ccc(F)cc2)nc1. The molecule has 1 N–H and O–H groups in total. The second kappa shape index (κ2) is 7.57. The van der Waals surface area contributed by atoms with Crippen molar-refractivity contribution in [3.8, 4) is 11.3 Å². The Morgan fingerprint density at radius 2 is 1.59 bits per heavy atom. The van der Waals surface area contributed by atoms with Crippen LogP contribution in [0.15, 0.2) is 66.9 Å². The van der Waals surface area contributed by atoms with Crippen LogP contribution in [0.2, 0.25) is 0 Å². The third-order valence-corrected chi connectivity index (χ3v) is 3.90. The van der Waals surface area contributed by atoms with E-state index in [4.69, 9.17) is 0 Å². The minimum atomic E-state index is -4.39. The van der Waals surface area contributed by atoms with Crippen molar-refractivity contribution in [3.05, 3.63) is 89.4 Å². The monoisotopic (exact) mass is 374 g/mol. The Balaban J connectivity index is 1.62. The number of halogens is 4. The zero-order valence-corrected chi connectivity index (χ0v) is 13.9. The molecule has 1 aromatic heterocycles. The number of nitrogens with one attached hydrogen (secondary N) is 1. The van der Waals surface area contributed by atoms with E-state index in [0.29, 0.717) is 22.4 Å². The van der Waals surface area contributed by atoms with Crippen LogP contribution in [0.3, 0.4) is 0 Å². The summed E-state index contributed by atoms with van der Waals surface area (Å²) in [7, 11) is 0. The van der Waals surface area contributed by atoms with Crippen molar-refractivity contribution >= 4 is 5.91 Å². The van der Waals surface area contributed by atoms with Gasteiger partial charge < -0.3 is 5.32 Å². The van der Waals surface area contributed by atoms with Gasteiger partial charge in [-0.05, 0) is 54.1 Å². The Morgan fingerprint density at radius 3 is 2.15 bits per heavy atom. The topological polar surface area (TPSA) is 42.0 Å². The van der Waals surface area contributed by atoms with Crippen molar-refractivity contribution in [1.29, 1.82) is 0 Å². The first-order valence-electron chi connectivity index (χ1n) is 7.99. The lowest BCUT2D eigenvalue weighted by molar-refractivity contribution is -0.137. The van der Waals surface area contributed by atoms with Gasteiger partial charge in [0.25, 0.3) is 5.91 Å². The third-order valence-electron chi connectivity index (χ3n) is 3.90. The standard InChI is InChI=1S/C20H14F4N2O/c21-17-8-3-14(4-9-17)18-10-5-15(12-25-18)19(27)26-11-13-1-6-16(7-2-13)20(22,23)24/h1-10,12H,11H2,(H,26,27). The number of pyridine rings is 1. The number of hydrogen-bond donors (Lipinski definition) is 1. The fourth-order valence-corrected chi connectivity index (χ4v) is 2.42. The number of carbonyl (C=O) groups is 1. The summed E-state index contributed by atoms with van der Waals surface area (Å²) in [6.45, 7) is 0.0939. The highest BCUT2D eigenvalue weighted by atomic mass is 19.4. The van der Waals surface area contributed by atoms with Gasteiger partial charge in [-0.25, -0.2) is 4.39 Å². The molecule has 2 aromatic carbocycles. The predicted molar refractivity (Wildman–Crippen MR) is 92.2 cm³/mol. The highest BCUT2D eigenvalue weighted by molar-refractivity contribution is 5.94. The van der Waals surface area contributed by atoms with Gasteiger partial charge in [-0.2, -0.15) is 13.2 Å². The van der Waals surface area contributed by atoms with E-state index >= 15 is 0 Å². The van der Waals surface area contributed by atoms with Gasteiger partial charge in [-0.15, -0.1) is 0 Å². The van der Waals surface area contributed by atoms with Crippen LogP contribution in [0, 0.1) is 5.82 Å². The summed E-state index contributed by atoms with van der Waals surface area (Å²) in [6.07, 6.45) is -3.00. The maximum Gasteiger partial charge on any atom is 0.416 e. The van der Waals surface area contributed by atoms with E-state index in [0.717, 1.165) is 12.1 Å². The van der Waals surface area contributed by atoms with Crippen LogP contribution in [0.5, 0.6) is 0 Å². The normalized spacial score (nSPS) is 11.3. The summed E-state index contributed by atoms with van der Waals surface area (Å²) < 4.78 is 50.6. The molecule has 0 spiro atoms. The Bertz CT molecular complexity index is 918. The summed E-state index contributed by atoms with van der Waals surface area (Å²) in [6, 6.07) is 13.6. The molecule has 0 radical (unpaired) electrons. The van der Waals surface area contributed by atoms with Crippen molar-refractivity contribution in [3.63, 3.8) is 0 Å².